The van der Waals surface area contributed by atoms with Crippen molar-refractivity contribution in [3.8, 4) is 5.88 Å². The van der Waals surface area contributed by atoms with Crippen molar-refractivity contribution < 1.29 is 19.1 Å². The number of pyridine rings is 1. The molecule has 0 atom stereocenters. The summed E-state index contributed by atoms with van der Waals surface area (Å²) < 4.78 is 11.3. The van der Waals surface area contributed by atoms with Gasteiger partial charge in [0.15, 0.2) is 11.5 Å². The fraction of sp³-hybridized carbons (Fsp3) is 0.200. The summed E-state index contributed by atoms with van der Waals surface area (Å²) in [5.74, 6) is -0.304. The molecule has 1 aromatic heterocycles. The predicted octanol–water partition coefficient (Wildman–Crippen LogP) is 4.01. The first kappa shape index (κ1) is 18.8. The molecule has 0 saturated heterocycles. The van der Waals surface area contributed by atoms with E-state index in [0.29, 0.717) is 22.0 Å². The minimum absolute atomic E-state index is 0.147. The third-order valence-electron chi connectivity index (χ3n) is 3.79. The Bertz CT molecular complexity index is 1010. The zero-order valence-corrected chi connectivity index (χ0v) is 16.0. The summed E-state index contributed by atoms with van der Waals surface area (Å²) in [4.78, 5) is 31.9. The molecule has 1 aliphatic heterocycles. The number of aliphatic imine (C=N–C) groups is 1. The van der Waals surface area contributed by atoms with Crippen molar-refractivity contribution in [2.75, 3.05) is 0 Å². The Labute approximate surface area is 161 Å². The van der Waals surface area contributed by atoms with Crippen LogP contribution in [-0.2, 0) is 14.3 Å². The Kier molecular flexibility index (Phi) is 5.10. The van der Waals surface area contributed by atoms with Crippen LogP contribution in [0.15, 0.2) is 41.1 Å². The van der Waals surface area contributed by atoms with E-state index >= 15 is 0 Å². The van der Waals surface area contributed by atoms with E-state index in [1.807, 2.05) is 19.9 Å². The van der Waals surface area contributed by atoms with Crippen LogP contribution in [0.25, 0.3) is 5.76 Å². The van der Waals surface area contributed by atoms with Crippen LogP contribution < -0.4 is 4.74 Å². The Morgan fingerprint density at radius 2 is 1.81 bits per heavy atom. The Morgan fingerprint density at radius 3 is 2.41 bits per heavy atom. The first-order valence-electron chi connectivity index (χ1n) is 8.21. The van der Waals surface area contributed by atoms with Gasteiger partial charge in [-0.05, 0) is 49.7 Å². The highest BCUT2D eigenvalue weighted by molar-refractivity contribution is 6.30. The molecule has 138 valence electrons. The molecular weight excluding hydrogens is 368 g/mol. The first-order valence-corrected chi connectivity index (χ1v) is 8.58. The average Bonchev–Trinajstić information content (AvgIpc) is 2.91. The van der Waals surface area contributed by atoms with E-state index < -0.39 is 11.9 Å². The van der Waals surface area contributed by atoms with Crippen LogP contribution in [0.2, 0.25) is 5.02 Å². The number of fused-ring (bicyclic) bond motifs is 1. The van der Waals surface area contributed by atoms with Crippen LogP contribution >= 0.6 is 11.6 Å². The van der Waals surface area contributed by atoms with Crippen molar-refractivity contribution >= 4 is 34.9 Å². The van der Waals surface area contributed by atoms with Gasteiger partial charge in [-0.25, -0.2) is 9.98 Å². The number of nitrogens with zero attached hydrogens (tertiary/aromatic N) is 2. The number of esters is 1. The SMILES string of the molecule is CC(=O)N=C1/C(=C(\OC(C)=O)c2ccc(Cl)cc2)Oc2nc(C)cc(C)c21. The number of carbonyl (C=O) groups is 2. The van der Waals surface area contributed by atoms with Gasteiger partial charge in [0.2, 0.25) is 11.8 Å². The number of hydrogen-bond donors (Lipinski definition) is 0. The highest BCUT2D eigenvalue weighted by Crippen LogP contribution is 2.37. The first-order chi connectivity index (χ1) is 12.8. The Hall–Kier alpha value is -2.99. The summed E-state index contributed by atoms with van der Waals surface area (Å²) in [6.45, 7) is 6.34. The molecule has 0 saturated carbocycles. The average molecular weight is 385 g/mol. The molecule has 0 spiro atoms. The molecule has 0 unspecified atom stereocenters. The number of allylic oxidation sites excluding steroid dienone is 1. The lowest BCUT2D eigenvalue weighted by Crippen LogP contribution is -2.11. The van der Waals surface area contributed by atoms with E-state index in [0.717, 1.165) is 11.3 Å². The monoisotopic (exact) mass is 384 g/mol. The number of halogens is 1. The molecular formula is C20H17ClN2O4. The maximum Gasteiger partial charge on any atom is 0.308 e. The van der Waals surface area contributed by atoms with E-state index in [4.69, 9.17) is 21.1 Å². The van der Waals surface area contributed by atoms with Gasteiger partial charge >= 0.3 is 5.97 Å². The molecule has 0 radical (unpaired) electrons. The lowest BCUT2D eigenvalue weighted by molar-refractivity contribution is -0.134. The van der Waals surface area contributed by atoms with Crippen molar-refractivity contribution in [1.29, 1.82) is 0 Å². The van der Waals surface area contributed by atoms with Crippen LogP contribution in [0.5, 0.6) is 5.88 Å². The molecule has 7 heteroatoms. The molecule has 2 heterocycles. The van der Waals surface area contributed by atoms with E-state index in [1.54, 1.807) is 24.3 Å². The number of ether oxygens (including phenoxy) is 2. The number of aromatic nitrogens is 1. The highest BCUT2D eigenvalue weighted by Gasteiger charge is 2.34. The molecule has 1 aromatic carbocycles. The Balaban J connectivity index is 2.29. The maximum atomic E-state index is 11.7. The van der Waals surface area contributed by atoms with Gasteiger partial charge in [0.25, 0.3) is 0 Å². The van der Waals surface area contributed by atoms with Crippen LogP contribution in [-0.4, -0.2) is 22.6 Å². The molecule has 3 rings (SSSR count). The lowest BCUT2D eigenvalue weighted by Gasteiger charge is -2.11. The van der Waals surface area contributed by atoms with Crippen LogP contribution in [0.1, 0.15) is 36.2 Å². The van der Waals surface area contributed by atoms with Gasteiger partial charge in [-0.2, -0.15) is 0 Å². The van der Waals surface area contributed by atoms with Crippen LogP contribution in [0, 0.1) is 13.8 Å². The lowest BCUT2D eigenvalue weighted by atomic mass is 10.0. The zero-order chi connectivity index (χ0) is 19.7. The van der Waals surface area contributed by atoms with Crippen molar-refractivity contribution in [2.24, 2.45) is 4.99 Å². The van der Waals surface area contributed by atoms with Crippen molar-refractivity contribution in [3.63, 3.8) is 0 Å². The molecule has 1 amide bonds. The number of benzene rings is 1. The van der Waals surface area contributed by atoms with Gasteiger partial charge in [0.05, 0.1) is 5.56 Å². The van der Waals surface area contributed by atoms with Gasteiger partial charge in [-0.15, -0.1) is 0 Å². The minimum atomic E-state index is -0.532. The van der Waals surface area contributed by atoms with Gasteiger partial charge in [-0.3, -0.25) is 9.59 Å². The van der Waals surface area contributed by atoms with Crippen LogP contribution in [0.4, 0.5) is 0 Å². The number of amides is 1. The number of carbonyl (C=O) groups excluding carboxylic acids is 2. The van der Waals surface area contributed by atoms with Crippen LogP contribution in [0.3, 0.4) is 0 Å². The molecule has 0 N–H and O–H groups in total. The van der Waals surface area contributed by atoms with E-state index in [-0.39, 0.29) is 17.2 Å². The number of hydrogen-bond acceptors (Lipinski definition) is 5. The normalized spacial score (nSPS) is 16.0. The quantitative estimate of drug-likeness (QED) is 0.577. The topological polar surface area (TPSA) is 77.8 Å². The fourth-order valence-corrected chi connectivity index (χ4v) is 2.95. The van der Waals surface area contributed by atoms with Gasteiger partial charge < -0.3 is 9.47 Å². The third kappa shape index (κ3) is 3.90. The van der Waals surface area contributed by atoms with Gasteiger partial charge in [-0.1, -0.05) is 11.6 Å². The zero-order valence-electron chi connectivity index (χ0n) is 15.3. The second kappa shape index (κ2) is 7.32. The molecule has 0 fully saturated rings. The number of aryl methyl sites for hydroxylation is 2. The Morgan fingerprint density at radius 1 is 1.15 bits per heavy atom. The van der Waals surface area contributed by atoms with Crippen molar-refractivity contribution in [1.82, 2.24) is 4.98 Å². The smallest absolute Gasteiger partial charge is 0.308 e. The minimum Gasteiger partial charge on any atom is -0.432 e. The maximum absolute atomic E-state index is 11.7. The van der Waals surface area contributed by atoms with E-state index in [9.17, 15) is 9.59 Å². The van der Waals surface area contributed by atoms with E-state index in [2.05, 4.69) is 9.98 Å². The molecule has 0 aliphatic carbocycles. The molecule has 1 aliphatic rings. The van der Waals surface area contributed by atoms with Gasteiger partial charge in [0, 0.05) is 30.1 Å². The molecule has 0 bridgehead atoms. The summed E-state index contributed by atoms with van der Waals surface area (Å²) in [6, 6.07) is 8.58. The highest BCUT2D eigenvalue weighted by atomic mass is 35.5. The van der Waals surface area contributed by atoms with E-state index in [1.165, 1.54) is 13.8 Å². The number of rotatable bonds is 2. The molecule has 27 heavy (non-hydrogen) atoms. The summed E-state index contributed by atoms with van der Waals surface area (Å²) >= 11 is 5.96. The second-order valence-electron chi connectivity index (χ2n) is 6.10. The third-order valence-corrected chi connectivity index (χ3v) is 4.04. The summed E-state index contributed by atoms with van der Waals surface area (Å²) in [7, 11) is 0. The molecule has 2 aromatic rings. The fourth-order valence-electron chi connectivity index (χ4n) is 2.82. The summed E-state index contributed by atoms with van der Waals surface area (Å²) in [6.07, 6.45) is 0. The van der Waals surface area contributed by atoms with Gasteiger partial charge in [0.1, 0.15) is 5.71 Å². The van der Waals surface area contributed by atoms with Crippen molar-refractivity contribution in [2.45, 2.75) is 27.7 Å². The second-order valence-corrected chi connectivity index (χ2v) is 6.54. The predicted molar refractivity (Wildman–Crippen MR) is 102 cm³/mol. The largest absolute Gasteiger partial charge is 0.432 e. The standard InChI is InChI=1S/C20H17ClN2O4/c1-10-9-11(2)22-20-16(10)17(23-12(3)24)19(27-20)18(26-13(4)25)14-5-7-15(21)8-6-14/h5-9H,1-4H3/b19-18+,23-17?. The summed E-state index contributed by atoms with van der Waals surface area (Å²) in [5, 5.41) is 0.535. The summed E-state index contributed by atoms with van der Waals surface area (Å²) in [5.41, 5.74) is 3.06. The molecule has 6 nitrogen and oxygen atoms in total. The van der Waals surface area contributed by atoms with Crippen molar-refractivity contribution in [3.05, 3.63) is 63.5 Å².